The van der Waals surface area contributed by atoms with Crippen LogP contribution in [-0.4, -0.2) is 28.8 Å². The van der Waals surface area contributed by atoms with Gasteiger partial charge in [0.25, 0.3) is 5.78 Å². The molecule has 1 aromatic carbocycles. The van der Waals surface area contributed by atoms with Gasteiger partial charge in [-0.25, -0.2) is 9.78 Å². The molecule has 0 unspecified atom stereocenters. The number of rotatable bonds is 2. The van der Waals surface area contributed by atoms with Crippen molar-refractivity contribution in [3.8, 4) is 0 Å². The smallest absolute Gasteiger partial charge is 0.379 e. The van der Waals surface area contributed by atoms with Gasteiger partial charge in [-0.3, -0.25) is 4.79 Å². The Hall–Kier alpha value is -2.40. The fourth-order valence-corrected chi connectivity index (χ4v) is 2.26. The monoisotopic (exact) mass is 288 g/mol. The topological polar surface area (TPSA) is 72.1 Å². The molecule has 20 heavy (non-hydrogen) atoms. The summed E-state index contributed by atoms with van der Waals surface area (Å²) in [5.74, 6) is -1.57. The van der Waals surface area contributed by atoms with Gasteiger partial charge in [0, 0.05) is 28.0 Å². The molecule has 0 aliphatic carbocycles. The molecule has 0 fully saturated rings. The molecule has 0 spiro atoms. The van der Waals surface area contributed by atoms with Gasteiger partial charge in [0.2, 0.25) is 0 Å². The third-order valence-corrected chi connectivity index (χ3v) is 3.26. The number of Topliss-reactive ketones (excluding diaryl/α,β-unsaturated/α-hetero) is 1. The molecule has 2 heterocycles. The first-order chi connectivity index (χ1) is 9.60. The molecule has 0 aliphatic heterocycles. The van der Waals surface area contributed by atoms with Crippen LogP contribution in [0.1, 0.15) is 10.4 Å². The van der Waals surface area contributed by atoms with Crippen LogP contribution in [0.2, 0.25) is 5.02 Å². The van der Waals surface area contributed by atoms with Gasteiger partial charge in [-0.05, 0) is 24.3 Å². The van der Waals surface area contributed by atoms with Crippen LogP contribution in [0.4, 0.5) is 0 Å². The van der Waals surface area contributed by atoms with Gasteiger partial charge in [-0.1, -0.05) is 11.6 Å². The highest BCUT2D eigenvalue weighted by atomic mass is 35.5. The average Bonchev–Trinajstić information content (AvgIpc) is 2.82. The summed E-state index contributed by atoms with van der Waals surface area (Å²) in [6, 6.07) is 6.68. The molecule has 3 rings (SSSR count). The maximum absolute atomic E-state index is 11.8. The molecule has 0 amide bonds. The Labute approximate surface area is 118 Å². The third-order valence-electron chi connectivity index (χ3n) is 3.05. The first-order valence-corrected chi connectivity index (χ1v) is 6.17. The number of methoxy groups -OCH3 is 1. The molecule has 5 nitrogen and oxygen atoms in total. The van der Waals surface area contributed by atoms with Crippen LogP contribution in [0.5, 0.6) is 0 Å². The van der Waals surface area contributed by atoms with Gasteiger partial charge in [0.05, 0.1) is 12.1 Å². The summed E-state index contributed by atoms with van der Waals surface area (Å²) in [4.78, 5) is 30.4. The van der Waals surface area contributed by atoms with Crippen molar-refractivity contribution in [2.24, 2.45) is 0 Å². The molecule has 6 heteroatoms. The summed E-state index contributed by atoms with van der Waals surface area (Å²) >= 11 is 5.93. The number of H-pyrrole nitrogens is 1. The van der Waals surface area contributed by atoms with Crippen molar-refractivity contribution in [2.75, 3.05) is 7.11 Å². The zero-order valence-electron chi connectivity index (χ0n) is 10.4. The third kappa shape index (κ3) is 1.92. The van der Waals surface area contributed by atoms with Crippen molar-refractivity contribution in [3.05, 3.63) is 41.0 Å². The highest BCUT2D eigenvalue weighted by Crippen LogP contribution is 2.27. The zero-order valence-corrected chi connectivity index (χ0v) is 11.2. The number of aromatic nitrogens is 2. The average molecular weight is 289 g/mol. The molecule has 100 valence electrons. The molecular formula is C14H9ClN2O3. The number of benzene rings is 1. The molecule has 1 N–H and O–H groups in total. The van der Waals surface area contributed by atoms with E-state index in [0.717, 1.165) is 16.3 Å². The standard InChI is InChI=1S/C14H9ClN2O3/c1-20-14(19)12(18)7-2-3-11-9(4-7)10-5-8(15)6-16-13(10)17-11/h2-6H,1H3,(H,16,17). The fraction of sp³-hybridized carbons (Fsp3) is 0.0714. The summed E-state index contributed by atoms with van der Waals surface area (Å²) in [6.45, 7) is 0. The fourth-order valence-electron chi connectivity index (χ4n) is 2.10. The number of carbonyl (C=O) groups is 2. The molecule has 0 saturated carbocycles. The van der Waals surface area contributed by atoms with E-state index in [1.165, 1.54) is 7.11 Å². The molecule has 0 bridgehead atoms. The van der Waals surface area contributed by atoms with E-state index >= 15 is 0 Å². The van der Waals surface area contributed by atoms with E-state index in [4.69, 9.17) is 11.6 Å². The van der Waals surface area contributed by atoms with E-state index in [2.05, 4.69) is 14.7 Å². The van der Waals surface area contributed by atoms with Crippen molar-refractivity contribution in [1.29, 1.82) is 0 Å². The van der Waals surface area contributed by atoms with Gasteiger partial charge >= 0.3 is 5.97 Å². The zero-order chi connectivity index (χ0) is 14.3. The number of fused-ring (bicyclic) bond motifs is 3. The Morgan fingerprint density at radius 1 is 1.25 bits per heavy atom. The number of esters is 1. The van der Waals surface area contributed by atoms with Crippen molar-refractivity contribution in [1.82, 2.24) is 9.97 Å². The Kier molecular flexibility index (Phi) is 2.91. The minimum atomic E-state index is -0.889. The number of ketones is 1. The molecule has 0 radical (unpaired) electrons. The minimum absolute atomic E-state index is 0.269. The van der Waals surface area contributed by atoms with E-state index in [-0.39, 0.29) is 5.56 Å². The number of carbonyl (C=O) groups excluding carboxylic acids is 2. The summed E-state index contributed by atoms with van der Waals surface area (Å²) in [5, 5.41) is 2.08. The highest BCUT2D eigenvalue weighted by Gasteiger charge is 2.17. The SMILES string of the molecule is COC(=O)C(=O)c1ccc2[nH]c3ncc(Cl)cc3c2c1. The van der Waals surface area contributed by atoms with Crippen molar-refractivity contribution < 1.29 is 14.3 Å². The second-order valence-electron chi connectivity index (χ2n) is 4.26. The molecule has 2 aromatic heterocycles. The van der Waals surface area contributed by atoms with E-state index in [1.54, 1.807) is 30.5 Å². The van der Waals surface area contributed by atoms with Crippen LogP contribution in [0.15, 0.2) is 30.5 Å². The Morgan fingerprint density at radius 3 is 2.80 bits per heavy atom. The van der Waals surface area contributed by atoms with Crippen molar-refractivity contribution in [3.63, 3.8) is 0 Å². The van der Waals surface area contributed by atoms with Crippen LogP contribution >= 0.6 is 11.6 Å². The normalized spacial score (nSPS) is 10.9. The lowest BCUT2D eigenvalue weighted by Gasteiger charge is -1.99. The van der Waals surface area contributed by atoms with Crippen molar-refractivity contribution in [2.45, 2.75) is 0 Å². The first-order valence-electron chi connectivity index (χ1n) is 5.80. The minimum Gasteiger partial charge on any atom is -0.463 e. The van der Waals surface area contributed by atoms with E-state index in [1.807, 2.05) is 0 Å². The summed E-state index contributed by atoms with van der Waals surface area (Å²) in [6.07, 6.45) is 1.54. The van der Waals surface area contributed by atoms with Crippen LogP contribution < -0.4 is 0 Å². The number of aromatic amines is 1. The van der Waals surface area contributed by atoms with Crippen LogP contribution in [-0.2, 0) is 9.53 Å². The molecule has 0 saturated heterocycles. The first kappa shape index (κ1) is 12.6. The maximum Gasteiger partial charge on any atom is 0.379 e. The summed E-state index contributed by atoms with van der Waals surface area (Å²) in [7, 11) is 1.17. The van der Waals surface area contributed by atoms with Crippen LogP contribution in [0.25, 0.3) is 21.9 Å². The van der Waals surface area contributed by atoms with Gasteiger partial charge in [-0.2, -0.15) is 0 Å². The van der Waals surface area contributed by atoms with Gasteiger partial charge < -0.3 is 9.72 Å². The van der Waals surface area contributed by atoms with Gasteiger partial charge in [0.15, 0.2) is 0 Å². The van der Waals surface area contributed by atoms with Crippen LogP contribution in [0.3, 0.4) is 0 Å². The predicted octanol–water partition coefficient (Wildman–Crippen LogP) is 2.73. The Balaban J connectivity index is 2.24. The number of nitrogens with one attached hydrogen (secondary N) is 1. The quantitative estimate of drug-likeness (QED) is 0.447. The largest absolute Gasteiger partial charge is 0.463 e. The molecule has 3 aromatic rings. The van der Waals surface area contributed by atoms with E-state index < -0.39 is 11.8 Å². The second-order valence-corrected chi connectivity index (χ2v) is 4.69. The lowest BCUT2D eigenvalue weighted by Crippen LogP contribution is -2.15. The molecular weight excluding hydrogens is 280 g/mol. The van der Waals surface area contributed by atoms with Gasteiger partial charge in [0.1, 0.15) is 5.65 Å². The van der Waals surface area contributed by atoms with E-state index in [0.29, 0.717) is 10.7 Å². The number of halogens is 1. The molecule has 0 aliphatic rings. The number of ether oxygens (including phenoxy) is 1. The van der Waals surface area contributed by atoms with Crippen LogP contribution in [0, 0.1) is 0 Å². The highest BCUT2D eigenvalue weighted by molar-refractivity contribution is 6.41. The van der Waals surface area contributed by atoms with Gasteiger partial charge in [-0.15, -0.1) is 0 Å². The second kappa shape index (κ2) is 4.61. The number of hydrogen-bond acceptors (Lipinski definition) is 4. The van der Waals surface area contributed by atoms with Crippen molar-refractivity contribution >= 4 is 45.3 Å². The Morgan fingerprint density at radius 2 is 2.05 bits per heavy atom. The number of nitrogens with zero attached hydrogens (tertiary/aromatic N) is 1. The lowest BCUT2D eigenvalue weighted by molar-refractivity contribution is -0.135. The Bertz CT molecular complexity index is 854. The number of pyridine rings is 1. The number of hydrogen-bond donors (Lipinski definition) is 1. The summed E-state index contributed by atoms with van der Waals surface area (Å²) in [5.41, 5.74) is 1.76. The lowest BCUT2D eigenvalue weighted by atomic mass is 10.1. The van der Waals surface area contributed by atoms with E-state index in [9.17, 15) is 9.59 Å². The maximum atomic E-state index is 11.8. The molecule has 0 atom stereocenters. The predicted molar refractivity (Wildman–Crippen MR) is 75.0 cm³/mol. The summed E-state index contributed by atoms with van der Waals surface area (Å²) < 4.78 is 4.44.